The van der Waals surface area contributed by atoms with Crippen LogP contribution >= 0.6 is 0 Å². The number of carbonyl (C=O) groups is 1. The van der Waals surface area contributed by atoms with Crippen LogP contribution < -0.4 is 4.90 Å². The number of fused-ring (bicyclic) bond motifs is 5. The standard InChI is InChI=1S/C48H37NO2/c1-32(50)48(33(2)51-3)44-30-42-40-26-12-13-27-41(40)47(31-43(42)38-24-10-11-25-39(38)44)49(45-28-16-14-22-36(45)34-18-6-4-7-19-34)46-29-17-15-23-37(46)35-20-8-5-9-21-35/h4-31H,1-3H3/b48-33+. The Kier molecular flexibility index (Phi) is 8.39. The van der Waals surface area contributed by atoms with Crippen molar-refractivity contribution in [2.24, 2.45) is 0 Å². The summed E-state index contributed by atoms with van der Waals surface area (Å²) in [6.45, 7) is 3.48. The summed E-state index contributed by atoms with van der Waals surface area (Å²) in [6.07, 6.45) is 0. The summed E-state index contributed by atoms with van der Waals surface area (Å²) in [7, 11) is 1.62. The Morgan fingerprint density at radius 2 is 0.882 bits per heavy atom. The minimum atomic E-state index is -0.0269. The van der Waals surface area contributed by atoms with Crippen LogP contribution in [-0.4, -0.2) is 12.9 Å². The summed E-state index contributed by atoms with van der Waals surface area (Å²) in [5.41, 5.74) is 9.26. The van der Waals surface area contributed by atoms with Crippen LogP contribution in [0.2, 0.25) is 0 Å². The molecule has 0 bridgehead atoms. The van der Waals surface area contributed by atoms with Crippen molar-refractivity contribution in [3.8, 4) is 22.3 Å². The van der Waals surface area contributed by atoms with Crippen LogP contribution in [0.3, 0.4) is 0 Å². The highest BCUT2D eigenvalue weighted by atomic mass is 16.5. The molecule has 0 spiro atoms. The molecule has 0 radical (unpaired) electrons. The molecule has 0 aromatic heterocycles. The lowest BCUT2D eigenvalue weighted by atomic mass is 9.88. The fourth-order valence-electron chi connectivity index (χ4n) is 7.50. The van der Waals surface area contributed by atoms with Crippen molar-refractivity contribution >= 4 is 60.7 Å². The lowest BCUT2D eigenvalue weighted by Gasteiger charge is -2.31. The van der Waals surface area contributed by atoms with Crippen molar-refractivity contribution in [1.82, 2.24) is 0 Å². The second-order valence-corrected chi connectivity index (χ2v) is 12.8. The van der Waals surface area contributed by atoms with E-state index in [0.717, 1.165) is 77.2 Å². The molecule has 8 aromatic rings. The molecule has 0 amide bonds. The molecule has 0 unspecified atom stereocenters. The Bertz CT molecular complexity index is 2520. The number of ether oxygens (including phenoxy) is 1. The molecule has 0 aliphatic carbocycles. The molecule has 51 heavy (non-hydrogen) atoms. The van der Waals surface area contributed by atoms with Gasteiger partial charge in [0, 0.05) is 16.5 Å². The molecule has 0 atom stereocenters. The number of benzene rings is 8. The average molecular weight is 660 g/mol. The first kappa shape index (κ1) is 31.8. The van der Waals surface area contributed by atoms with Crippen molar-refractivity contribution in [1.29, 1.82) is 0 Å². The summed E-state index contributed by atoms with van der Waals surface area (Å²) in [5.74, 6) is 0.579. The van der Waals surface area contributed by atoms with Gasteiger partial charge in [-0.3, -0.25) is 4.79 Å². The summed E-state index contributed by atoms with van der Waals surface area (Å²) in [4.78, 5) is 15.6. The van der Waals surface area contributed by atoms with Crippen molar-refractivity contribution in [2.75, 3.05) is 12.0 Å². The van der Waals surface area contributed by atoms with Gasteiger partial charge in [0.1, 0.15) is 5.76 Å². The smallest absolute Gasteiger partial charge is 0.163 e. The normalized spacial score (nSPS) is 11.8. The first-order valence-electron chi connectivity index (χ1n) is 17.3. The van der Waals surface area contributed by atoms with Crippen molar-refractivity contribution in [3.05, 3.63) is 181 Å². The van der Waals surface area contributed by atoms with E-state index in [2.05, 4.69) is 169 Å². The predicted octanol–water partition coefficient (Wildman–Crippen LogP) is 12.9. The van der Waals surface area contributed by atoms with Gasteiger partial charge >= 0.3 is 0 Å². The highest BCUT2D eigenvalue weighted by molar-refractivity contribution is 6.29. The van der Waals surface area contributed by atoms with Crippen LogP contribution in [0.4, 0.5) is 17.1 Å². The van der Waals surface area contributed by atoms with Crippen molar-refractivity contribution < 1.29 is 9.53 Å². The van der Waals surface area contributed by atoms with Gasteiger partial charge in [-0.25, -0.2) is 0 Å². The van der Waals surface area contributed by atoms with E-state index in [4.69, 9.17) is 4.74 Å². The van der Waals surface area contributed by atoms with E-state index >= 15 is 0 Å². The van der Waals surface area contributed by atoms with Gasteiger partial charge in [-0.05, 0) is 81.7 Å². The van der Waals surface area contributed by atoms with Crippen LogP contribution in [0.1, 0.15) is 19.4 Å². The number of hydrogen-bond donors (Lipinski definition) is 0. The van der Waals surface area contributed by atoms with Gasteiger partial charge in [-0.15, -0.1) is 0 Å². The fraction of sp³-hybridized carbons (Fsp3) is 0.0625. The van der Waals surface area contributed by atoms with Gasteiger partial charge in [-0.1, -0.05) is 146 Å². The summed E-state index contributed by atoms with van der Waals surface area (Å²) in [5, 5.41) is 6.49. The average Bonchev–Trinajstić information content (AvgIpc) is 3.19. The SMILES string of the molecule is CO/C(C)=C(\C(C)=O)c1cc2c3ccccc3c(N(c3ccccc3-c3ccccc3)c3ccccc3-c3ccccc3)cc2c2ccccc12. The Labute approximate surface area is 298 Å². The summed E-state index contributed by atoms with van der Waals surface area (Å²) < 4.78 is 5.67. The number of carbonyl (C=O) groups excluding carboxylic acids is 1. The van der Waals surface area contributed by atoms with Crippen LogP contribution in [0.15, 0.2) is 176 Å². The summed E-state index contributed by atoms with van der Waals surface area (Å²) in [6, 6.07) is 60.1. The third-order valence-electron chi connectivity index (χ3n) is 9.84. The molecule has 246 valence electrons. The second-order valence-electron chi connectivity index (χ2n) is 12.8. The van der Waals surface area contributed by atoms with Crippen LogP contribution in [0.5, 0.6) is 0 Å². The van der Waals surface area contributed by atoms with E-state index in [-0.39, 0.29) is 5.78 Å². The third kappa shape index (κ3) is 5.63. The Morgan fingerprint density at radius 3 is 1.41 bits per heavy atom. The number of nitrogens with zero attached hydrogens (tertiary/aromatic N) is 1. The van der Waals surface area contributed by atoms with E-state index in [9.17, 15) is 4.79 Å². The number of Topliss-reactive ketones (excluding diaryl/α,β-unsaturated/α-hetero) is 1. The highest BCUT2D eigenvalue weighted by Gasteiger charge is 2.24. The number of anilines is 3. The lowest BCUT2D eigenvalue weighted by molar-refractivity contribution is -0.111. The van der Waals surface area contributed by atoms with Gasteiger partial charge in [0.25, 0.3) is 0 Å². The Hall–Kier alpha value is -6.45. The van der Waals surface area contributed by atoms with Crippen molar-refractivity contribution in [2.45, 2.75) is 13.8 Å². The van der Waals surface area contributed by atoms with Crippen LogP contribution in [0, 0.1) is 0 Å². The number of para-hydroxylation sites is 2. The zero-order valence-electron chi connectivity index (χ0n) is 28.9. The topological polar surface area (TPSA) is 29.5 Å². The third-order valence-corrected chi connectivity index (χ3v) is 9.84. The van der Waals surface area contributed by atoms with Crippen LogP contribution in [0.25, 0.3) is 60.1 Å². The molecule has 8 aromatic carbocycles. The molecule has 8 rings (SSSR count). The minimum Gasteiger partial charge on any atom is -0.501 e. The van der Waals surface area contributed by atoms with E-state index in [1.165, 1.54) is 0 Å². The maximum atomic E-state index is 13.2. The fourth-order valence-corrected chi connectivity index (χ4v) is 7.50. The van der Waals surface area contributed by atoms with Crippen molar-refractivity contribution in [3.63, 3.8) is 0 Å². The van der Waals surface area contributed by atoms with E-state index < -0.39 is 0 Å². The largest absolute Gasteiger partial charge is 0.501 e. The maximum absolute atomic E-state index is 13.2. The number of ketones is 1. The minimum absolute atomic E-state index is 0.0269. The quantitative estimate of drug-likeness (QED) is 0.0924. The number of hydrogen-bond acceptors (Lipinski definition) is 3. The highest BCUT2D eigenvalue weighted by Crippen LogP contribution is 2.49. The lowest BCUT2D eigenvalue weighted by Crippen LogP contribution is -2.13. The molecule has 0 N–H and O–H groups in total. The van der Waals surface area contributed by atoms with Gasteiger partial charge in [-0.2, -0.15) is 0 Å². The molecule has 0 fully saturated rings. The van der Waals surface area contributed by atoms with Gasteiger partial charge in [0.2, 0.25) is 0 Å². The van der Waals surface area contributed by atoms with E-state index in [0.29, 0.717) is 11.3 Å². The Morgan fingerprint density at radius 1 is 0.451 bits per heavy atom. The first-order valence-corrected chi connectivity index (χ1v) is 17.3. The molecular formula is C48H37NO2. The number of allylic oxidation sites excluding steroid dienone is 2. The molecule has 3 nitrogen and oxygen atoms in total. The molecule has 0 heterocycles. The predicted molar refractivity (Wildman–Crippen MR) is 215 cm³/mol. The molecule has 0 saturated heterocycles. The monoisotopic (exact) mass is 659 g/mol. The zero-order chi connectivity index (χ0) is 34.9. The number of methoxy groups -OCH3 is 1. The van der Waals surface area contributed by atoms with E-state index in [1.54, 1.807) is 14.0 Å². The molecular weight excluding hydrogens is 623 g/mol. The number of rotatable bonds is 8. The zero-order valence-corrected chi connectivity index (χ0v) is 28.9. The van der Waals surface area contributed by atoms with Gasteiger partial charge in [0.15, 0.2) is 5.78 Å². The second kappa shape index (κ2) is 13.5. The van der Waals surface area contributed by atoms with E-state index in [1.807, 2.05) is 13.0 Å². The van der Waals surface area contributed by atoms with Gasteiger partial charge in [0.05, 0.1) is 29.7 Å². The molecule has 0 saturated carbocycles. The summed E-state index contributed by atoms with van der Waals surface area (Å²) >= 11 is 0. The van der Waals surface area contributed by atoms with Crippen LogP contribution in [-0.2, 0) is 9.53 Å². The maximum Gasteiger partial charge on any atom is 0.163 e. The Balaban J connectivity index is 1.53. The first-order chi connectivity index (χ1) is 25.0. The van der Waals surface area contributed by atoms with Gasteiger partial charge < -0.3 is 9.64 Å². The molecule has 3 heteroatoms. The molecule has 0 aliphatic heterocycles. The molecule has 0 aliphatic rings.